The SMILES string of the molecule is CCNC(CN(C)C1CCC(C)CC1)(C(N)=O)C1CC1. The number of carbonyl (C=O) groups excluding carboxylic acids is 1. The van der Waals surface area contributed by atoms with Crippen LogP contribution in [0.25, 0.3) is 0 Å². The van der Waals surface area contributed by atoms with Gasteiger partial charge < -0.3 is 16.0 Å². The van der Waals surface area contributed by atoms with Crippen molar-refractivity contribution in [2.45, 2.75) is 64.0 Å². The maximum Gasteiger partial charge on any atom is 0.239 e. The molecule has 0 bridgehead atoms. The van der Waals surface area contributed by atoms with E-state index in [4.69, 9.17) is 5.73 Å². The zero-order valence-electron chi connectivity index (χ0n) is 13.3. The molecule has 2 fully saturated rings. The van der Waals surface area contributed by atoms with Crippen LogP contribution in [0, 0.1) is 11.8 Å². The molecule has 0 radical (unpaired) electrons. The molecule has 2 aliphatic rings. The number of nitrogens with zero attached hydrogens (tertiary/aromatic N) is 1. The van der Waals surface area contributed by atoms with E-state index in [1.54, 1.807) is 0 Å². The predicted octanol–water partition coefficient (Wildman–Crippen LogP) is 1.74. The van der Waals surface area contributed by atoms with Gasteiger partial charge in [-0.15, -0.1) is 0 Å². The molecule has 20 heavy (non-hydrogen) atoms. The highest BCUT2D eigenvalue weighted by Crippen LogP contribution is 2.40. The molecule has 1 amide bonds. The maximum absolute atomic E-state index is 12.1. The minimum Gasteiger partial charge on any atom is -0.368 e. The summed E-state index contributed by atoms with van der Waals surface area (Å²) in [5.74, 6) is 1.13. The van der Waals surface area contributed by atoms with E-state index < -0.39 is 5.54 Å². The van der Waals surface area contributed by atoms with Crippen molar-refractivity contribution in [3.8, 4) is 0 Å². The van der Waals surface area contributed by atoms with Gasteiger partial charge in [0.25, 0.3) is 0 Å². The van der Waals surface area contributed by atoms with Crippen LogP contribution in [-0.4, -0.2) is 42.5 Å². The first-order valence-corrected chi connectivity index (χ1v) is 8.24. The van der Waals surface area contributed by atoms with Gasteiger partial charge in [0.1, 0.15) is 5.54 Å². The molecule has 0 saturated heterocycles. The lowest BCUT2D eigenvalue weighted by Crippen LogP contribution is -2.63. The van der Waals surface area contributed by atoms with Crippen LogP contribution in [-0.2, 0) is 4.79 Å². The Morgan fingerprint density at radius 1 is 1.25 bits per heavy atom. The number of primary amides is 1. The number of nitrogens with one attached hydrogen (secondary N) is 1. The molecule has 0 aromatic rings. The van der Waals surface area contributed by atoms with E-state index >= 15 is 0 Å². The smallest absolute Gasteiger partial charge is 0.239 e. The van der Waals surface area contributed by atoms with Gasteiger partial charge >= 0.3 is 0 Å². The van der Waals surface area contributed by atoms with Gasteiger partial charge in [0.2, 0.25) is 5.91 Å². The van der Waals surface area contributed by atoms with E-state index in [9.17, 15) is 4.79 Å². The normalized spacial score (nSPS) is 30.2. The quantitative estimate of drug-likeness (QED) is 0.747. The first kappa shape index (κ1) is 15.8. The monoisotopic (exact) mass is 281 g/mol. The summed E-state index contributed by atoms with van der Waals surface area (Å²) in [6.07, 6.45) is 7.38. The number of nitrogens with two attached hydrogens (primary N) is 1. The molecule has 2 rings (SSSR count). The van der Waals surface area contributed by atoms with Gasteiger partial charge in [-0.25, -0.2) is 0 Å². The Hall–Kier alpha value is -0.610. The average Bonchev–Trinajstić information content (AvgIpc) is 3.23. The number of hydrogen-bond donors (Lipinski definition) is 2. The van der Waals surface area contributed by atoms with Crippen LogP contribution in [0.1, 0.15) is 52.4 Å². The number of rotatable bonds is 7. The lowest BCUT2D eigenvalue weighted by atomic mass is 9.85. The zero-order chi connectivity index (χ0) is 14.8. The Morgan fingerprint density at radius 3 is 2.30 bits per heavy atom. The van der Waals surface area contributed by atoms with E-state index in [1.807, 2.05) is 0 Å². The van der Waals surface area contributed by atoms with Crippen molar-refractivity contribution in [2.24, 2.45) is 17.6 Å². The molecule has 1 atom stereocenters. The Morgan fingerprint density at radius 2 is 1.85 bits per heavy atom. The number of amides is 1. The minimum atomic E-state index is -0.507. The highest BCUT2D eigenvalue weighted by atomic mass is 16.1. The second-order valence-corrected chi connectivity index (χ2v) is 6.97. The molecular weight excluding hydrogens is 250 g/mol. The fourth-order valence-corrected chi connectivity index (χ4v) is 3.79. The first-order chi connectivity index (χ1) is 9.49. The van der Waals surface area contributed by atoms with Gasteiger partial charge in [0.15, 0.2) is 0 Å². The second-order valence-electron chi connectivity index (χ2n) is 6.97. The summed E-state index contributed by atoms with van der Waals surface area (Å²) in [5.41, 5.74) is 5.26. The highest BCUT2D eigenvalue weighted by Gasteiger charge is 2.50. The van der Waals surface area contributed by atoms with Gasteiger partial charge in [-0.05, 0) is 64.0 Å². The van der Waals surface area contributed by atoms with Crippen LogP contribution in [0.2, 0.25) is 0 Å². The third-order valence-corrected chi connectivity index (χ3v) is 5.31. The van der Waals surface area contributed by atoms with Crippen molar-refractivity contribution in [2.75, 3.05) is 20.1 Å². The Kier molecular flexibility index (Phi) is 5.08. The van der Waals surface area contributed by atoms with E-state index in [-0.39, 0.29) is 5.91 Å². The van der Waals surface area contributed by atoms with Gasteiger partial charge in [-0.3, -0.25) is 4.79 Å². The molecule has 2 aliphatic carbocycles. The maximum atomic E-state index is 12.1. The predicted molar refractivity (Wildman–Crippen MR) is 82.4 cm³/mol. The van der Waals surface area contributed by atoms with Gasteiger partial charge in [-0.2, -0.15) is 0 Å². The molecule has 3 N–H and O–H groups in total. The number of hydrogen-bond acceptors (Lipinski definition) is 3. The largest absolute Gasteiger partial charge is 0.368 e. The molecule has 116 valence electrons. The van der Waals surface area contributed by atoms with E-state index in [0.717, 1.165) is 31.8 Å². The Labute approximate surface area is 123 Å². The summed E-state index contributed by atoms with van der Waals surface area (Å²) < 4.78 is 0. The third-order valence-electron chi connectivity index (χ3n) is 5.31. The van der Waals surface area contributed by atoms with Crippen molar-refractivity contribution >= 4 is 5.91 Å². The van der Waals surface area contributed by atoms with Crippen LogP contribution >= 0.6 is 0 Å². The summed E-state index contributed by atoms with van der Waals surface area (Å²) in [6, 6.07) is 0.613. The standard InChI is InChI=1S/C16H31N3O/c1-4-18-16(15(17)20,13-7-8-13)11-19(3)14-9-5-12(2)6-10-14/h12-14,18H,4-11H2,1-3H3,(H2,17,20). The average molecular weight is 281 g/mol. The summed E-state index contributed by atoms with van der Waals surface area (Å²) in [4.78, 5) is 14.5. The summed E-state index contributed by atoms with van der Waals surface area (Å²) in [5, 5.41) is 3.42. The van der Waals surface area contributed by atoms with E-state index in [1.165, 1.54) is 25.7 Å². The second kappa shape index (κ2) is 6.44. The van der Waals surface area contributed by atoms with Crippen LogP contribution in [0.3, 0.4) is 0 Å². The van der Waals surface area contributed by atoms with Crippen LogP contribution in [0.4, 0.5) is 0 Å². The molecule has 0 heterocycles. The van der Waals surface area contributed by atoms with Crippen molar-refractivity contribution < 1.29 is 4.79 Å². The van der Waals surface area contributed by atoms with Crippen LogP contribution in [0.15, 0.2) is 0 Å². The van der Waals surface area contributed by atoms with Crippen molar-refractivity contribution in [3.63, 3.8) is 0 Å². The molecule has 2 saturated carbocycles. The molecule has 4 heteroatoms. The molecular formula is C16H31N3O. The van der Waals surface area contributed by atoms with Gasteiger partial charge in [-0.1, -0.05) is 13.8 Å². The van der Waals surface area contributed by atoms with Crippen molar-refractivity contribution in [1.82, 2.24) is 10.2 Å². The number of carbonyl (C=O) groups is 1. The fourth-order valence-electron chi connectivity index (χ4n) is 3.79. The summed E-state index contributed by atoms with van der Waals surface area (Å²) in [6.45, 7) is 5.96. The summed E-state index contributed by atoms with van der Waals surface area (Å²) >= 11 is 0. The molecule has 0 spiro atoms. The molecule has 4 nitrogen and oxygen atoms in total. The molecule has 0 aromatic heterocycles. The zero-order valence-corrected chi connectivity index (χ0v) is 13.3. The van der Waals surface area contributed by atoms with Gasteiger partial charge in [0, 0.05) is 12.6 Å². The lowest BCUT2D eigenvalue weighted by Gasteiger charge is -2.40. The van der Waals surface area contributed by atoms with Crippen LogP contribution in [0.5, 0.6) is 0 Å². The first-order valence-electron chi connectivity index (χ1n) is 8.24. The minimum absolute atomic E-state index is 0.169. The van der Waals surface area contributed by atoms with Crippen molar-refractivity contribution in [1.29, 1.82) is 0 Å². The Balaban J connectivity index is 2.01. The fraction of sp³-hybridized carbons (Fsp3) is 0.938. The van der Waals surface area contributed by atoms with Crippen LogP contribution < -0.4 is 11.1 Å². The lowest BCUT2D eigenvalue weighted by molar-refractivity contribution is -0.126. The van der Waals surface area contributed by atoms with E-state index in [0.29, 0.717) is 12.0 Å². The molecule has 1 unspecified atom stereocenters. The number of likely N-dealkylation sites (N-methyl/N-ethyl adjacent to an activating group) is 2. The molecule has 0 aromatic carbocycles. The topological polar surface area (TPSA) is 58.4 Å². The van der Waals surface area contributed by atoms with E-state index in [2.05, 4.69) is 31.1 Å². The summed E-state index contributed by atoms with van der Waals surface area (Å²) in [7, 11) is 2.16. The third kappa shape index (κ3) is 3.34. The Bertz CT molecular complexity index is 335. The van der Waals surface area contributed by atoms with Crippen molar-refractivity contribution in [3.05, 3.63) is 0 Å². The highest BCUT2D eigenvalue weighted by molar-refractivity contribution is 5.86. The van der Waals surface area contributed by atoms with Gasteiger partial charge in [0.05, 0.1) is 0 Å². The molecule has 0 aliphatic heterocycles.